The van der Waals surface area contributed by atoms with Crippen molar-refractivity contribution in [1.29, 1.82) is 0 Å². The highest BCUT2D eigenvalue weighted by Crippen LogP contribution is 2.24. The molecule has 3 atom stereocenters. The zero-order valence-corrected chi connectivity index (χ0v) is 17.4. The van der Waals surface area contributed by atoms with Crippen LogP contribution in [0.4, 0.5) is 14.6 Å². The minimum Gasteiger partial charge on any atom is -0.394 e. The van der Waals surface area contributed by atoms with Crippen molar-refractivity contribution >= 4 is 34.9 Å². The van der Waals surface area contributed by atoms with Crippen LogP contribution in [0.5, 0.6) is 0 Å². The zero-order valence-electron chi connectivity index (χ0n) is 15.9. The van der Waals surface area contributed by atoms with E-state index in [4.69, 9.17) is 27.9 Å². The minimum atomic E-state index is -3.52. The van der Waals surface area contributed by atoms with Gasteiger partial charge in [-0.2, -0.15) is 4.98 Å². The van der Waals surface area contributed by atoms with Gasteiger partial charge in [0.15, 0.2) is 0 Å². The highest BCUT2D eigenvalue weighted by atomic mass is 35.5. The van der Waals surface area contributed by atoms with Crippen LogP contribution in [0.1, 0.15) is 30.4 Å². The summed E-state index contributed by atoms with van der Waals surface area (Å²) in [5, 5.41) is 21.7. The number of halogens is 4. The number of anilines is 1. The Balaban J connectivity index is 2.14. The fraction of sp³-hybridized carbons (Fsp3) is 0.389. The number of carbonyl (C=O) groups is 1. The molecule has 0 unspecified atom stereocenters. The summed E-state index contributed by atoms with van der Waals surface area (Å²) < 4.78 is 32.7. The Kier molecular flexibility index (Phi) is 7.89. The van der Waals surface area contributed by atoms with Crippen LogP contribution in [0.2, 0.25) is 10.0 Å². The molecular weight excluding hydrogens is 447 g/mol. The number of nitrogens with zero attached hydrogens (tertiary/aromatic N) is 2. The van der Waals surface area contributed by atoms with E-state index in [9.17, 15) is 28.6 Å². The number of benzene rings is 1. The predicted molar refractivity (Wildman–Crippen MR) is 106 cm³/mol. The Bertz CT molecular complexity index is 947. The van der Waals surface area contributed by atoms with Gasteiger partial charge in [-0.3, -0.25) is 9.36 Å². The van der Waals surface area contributed by atoms with E-state index in [-0.39, 0.29) is 21.4 Å². The molecular formula is C18H19Cl2F2N3O5. The van der Waals surface area contributed by atoms with Crippen LogP contribution in [0, 0.1) is 0 Å². The van der Waals surface area contributed by atoms with Gasteiger partial charge in [0.05, 0.1) is 6.61 Å². The number of hydrogen-bond donors (Lipinski definition) is 3. The number of aliphatic hydroxyl groups is 2. The maximum atomic E-state index is 13.3. The van der Waals surface area contributed by atoms with Crippen LogP contribution in [0.3, 0.4) is 0 Å². The molecule has 2 aromatic rings. The number of alkyl halides is 2. The van der Waals surface area contributed by atoms with Crippen molar-refractivity contribution in [2.75, 3.05) is 11.9 Å². The lowest BCUT2D eigenvalue weighted by atomic mass is 10.1. The number of amides is 1. The van der Waals surface area contributed by atoms with Crippen LogP contribution in [-0.4, -0.2) is 50.4 Å². The summed E-state index contributed by atoms with van der Waals surface area (Å²) in [5.41, 5.74) is -0.714. The molecule has 0 fully saturated rings. The Morgan fingerprint density at radius 2 is 1.93 bits per heavy atom. The second-order valence-electron chi connectivity index (χ2n) is 6.47. The Labute approximate surface area is 180 Å². The molecule has 1 amide bonds. The third-order valence-corrected chi connectivity index (χ3v) is 4.45. The minimum absolute atomic E-state index is 0.0802. The summed E-state index contributed by atoms with van der Waals surface area (Å²) in [5.74, 6) is -4.21. The SMILES string of the molecule is C[C@@H](O[C@H](CO)[C@@H](O)C(C)(F)F)n1ccc(NC(=O)c2cc(Cl)cc(Cl)c2)nc1=O. The quantitative estimate of drug-likeness (QED) is 0.552. The van der Waals surface area contributed by atoms with Gasteiger partial charge in [0.25, 0.3) is 11.8 Å². The van der Waals surface area contributed by atoms with Gasteiger partial charge in [-0.1, -0.05) is 23.2 Å². The molecule has 0 bridgehead atoms. The normalized spacial score (nSPS) is 14.8. The number of carbonyl (C=O) groups excluding carboxylic acids is 1. The summed E-state index contributed by atoms with van der Waals surface area (Å²) >= 11 is 11.7. The fourth-order valence-electron chi connectivity index (χ4n) is 2.49. The standard InChI is InChI=1S/C18H19Cl2F2N3O5/c1-9(30-13(8-26)15(27)18(2,21)22)25-4-3-14(24-17(25)29)23-16(28)10-5-11(19)7-12(20)6-10/h3-7,9,13,15,26-27H,8H2,1-2H3,(H,23,24,28,29)/t9-,13-,15-/m1/s1. The summed E-state index contributed by atoms with van der Waals surface area (Å²) in [6.45, 7) is 0.929. The highest BCUT2D eigenvalue weighted by Gasteiger charge is 2.39. The molecule has 0 radical (unpaired) electrons. The number of nitrogens with one attached hydrogen (secondary N) is 1. The smallest absolute Gasteiger partial charge is 0.351 e. The molecule has 3 N–H and O–H groups in total. The molecule has 1 heterocycles. The van der Waals surface area contributed by atoms with Crippen molar-refractivity contribution in [2.24, 2.45) is 0 Å². The van der Waals surface area contributed by atoms with Gasteiger partial charge in [0.1, 0.15) is 24.3 Å². The monoisotopic (exact) mass is 465 g/mol. The van der Waals surface area contributed by atoms with Crippen molar-refractivity contribution in [1.82, 2.24) is 9.55 Å². The Morgan fingerprint density at radius 3 is 2.43 bits per heavy atom. The van der Waals surface area contributed by atoms with E-state index in [0.29, 0.717) is 6.92 Å². The first-order valence-electron chi connectivity index (χ1n) is 8.61. The second-order valence-corrected chi connectivity index (χ2v) is 7.35. The predicted octanol–water partition coefficient (Wildman–Crippen LogP) is 2.71. The summed E-state index contributed by atoms with van der Waals surface area (Å²) in [7, 11) is 0. The molecule has 12 heteroatoms. The van der Waals surface area contributed by atoms with E-state index in [2.05, 4.69) is 10.3 Å². The van der Waals surface area contributed by atoms with Crippen molar-refractivity contribution in [3.63, 3.8) is 0 Å². The van der Waals surface area contributed by atoms with Gasteiger partial charge in [-0.15, -0.1) is 0 Å². The zero-order chi connectivity index (χ0) is 22.6. The number of ether oxygens (including phenoxy) is 1. The van der Waals surface area contributed by atoms with Crippen molar-refractivity contribution in [3.05, 3.63) is 56.6 Å². The first kappa shape index (κ1) is 24.2. The summed E-state index contributed by atoms with van der Waals surface area (Å²) in [4.78, 5) is 28.2. The van der Waals surface area contributed by atoms with E-state index in [1.54, 1.807) is 0 Å². The average molecular weight is 466 g/mol. The highest BCUT2D eigenvalue weighted by molar-refractivity contribution is 6.35. The van der Waals surface area contributed by atoms with Gasteiger partial charge in [0, 0.05) is 28.7 Å². The second kappa shape index (κ2) is 9.80. The third kappa shape index (κ3) is 6.19. The van der Waals surface area contributed by atoms with E-state index in [1.165, 1.54) is 37.4 Å². The van der Waals surface area contributed by atoms with Gasteiger partial charge in [-0.05, 0) is 31.2 Å². The van der Waals surface area contributed by atoms with Crippen LogP contribution >= 0.6 is 23.2 Å². The number of aliphatic hydroxyl groups excluding tert-OH is 2. The molecule has 0 aliphatic carbocycles. The van der Waals surface area contributed by atoms with Gasteiger partial charge < -0.3 is 20.3 Å². The maximum Gasteiger partial charge on any atom is 0.351 e. The Morgan fingerprint density at radius 1 is 1.33 bits per heavy atom. The molecule has 0 spiro atoms. The lowest BCUT2D eigenvalue weighted by Gasteiger charge is -2.29. The molecule has 8 nitrogen and oxygen atoms in total. The number of hydrogen-bond acceptors (Lipinski definition) is 6. The van der Waals surface area contributed by atoms with E-state index < -0.39 is 42.6 Å². The molecule has 0 aliphatic rings. The van der Waals surface area contributed by atoms with Gasteiger partial charge in [0.2, 0.25) is 0 Å². The first-order valence-corrected chi connectivity index (χ1v) is 9.36. The van der Waals surface area contributed by atoms with Gasteiger partial charge >= 0.3 is 5.69 Å². The van der Waals surface area contributed by atoms with Crippen LogP contribution in [0.15, 0.2) is 35.3 Å². The molecule has 30 heavy (non-hydrogen) atoms. The average Bonchev–Trinajstić information content (AvgIpc) is 2.63. The third-order valence-electron chi connectivity index (χ3n) is 4.01. The molecule has 0 saturated heterocycles. The largest absolute Gasteiger partial charge is 0.394 e. The fourth-order valence-corrected chi connectivity index (χ4v) is 3.02. The number of rotatable bonds is 8. The summed E-state index contributed by atoms with van der Waals surface area (Å²) in [6.07, 6.45) is -3.85. The van der Waals surface area contributed by atoms with Crippen molar-refractivity contribution < 1.29 is 28.5 Å². The molecule has 1 aromatic heterocycles. The van der Waals surface area contributed by atoms with E-state index in [0.717, 1.165) is 4.57 Å². The van der Waals surface area contributed by atoms with E-state index >= 15 is 0 Å². The van der Waals surface area contributed by atoms with Crippen LogP contribution < -0.4 is 11.0 Å². The number of aromatic nitrogens is 2. The van der Waals surface area contributed by atoms with Crippen LogP contribution in [-0.2, 0) is 4.74 Å². The maximum absolute atomic E-state index is 13.3. The van der Waals surface area contributed by atoms with Crippen molar-refractivity contribution in [3.8, 4) is 0 Å². The molecule has 2 rings (SSSR count). The summed E-state index contributed by atoms with van der Waals surface area (Å²) in [6, 6.07) is 5.49. The van der Waals surface area contributed by atoms with E-state index in [1.807, 2.05) is 0 Å². The lowest BCUT2D eigenvalue weighted by Crippen LogP contribution is -2.45. The topological polar surface area (TPSA) is 114 Å². The first-order chi connectivity index (χ1) is 13.9. The Hall–Kier alpha value is -2.11. The van der Waals surface area contributed by atoms with Gasteiger partial charge in [-0.25, -0.2) is 13.6 Å². The lowest BCUT2D eigenvalue weighted by molar-refractivity contribution is -0.188. The molecule has 1 aromatic carbocycles. The molecule has 0 saturated carbocycles. The molecule has 0 aliphatic heterocycles. The van der Waals surface area contributed by atoms with Crippen LogP contribution in [0.25, 0.3) is 0 Å². The molecule has 164 valence electrons. The van der Waals surface area contributed by atoms with Crippen molar-refractivity contribution in [2.45, 2.75) is 38.2 Å².